The zero-order valence-corrected chi connectivity index (χ0v) is 14.9. The number of amides is 2. The first-order valence-corrected chi connectivity index (χ1v) is 8.26. The molecule has 0 fully saturated rings. The zero-order valence-electron chi connectivity index (χ0n) is 14.9. The molecule has 1 aromatic carbocycles. The van der Waals surface area contributed by atoms with Crippen LogP contribution in [0.15, 0.2) is 42.7 Å². The van der Waals surface area contributed by atoms with Gasteiger partial charge in [0.15, 0.2) is 0 Å². The number of anilines is 1. The van der Waals surface area contributed by atoms with Gasteiger partial charge in [0.2, 0.25) is 5.91 Å². The number of nitrogens with one attached hydrogen (secondary N) is 2. The van der Waals surface area contributed by atoms with Crippen molar-refractivity contribution in [2.75, 3.05) is 11.9 Å². The van der Waals surface area contributed by atoms with Gasteiger partial charge in [-0.05, 0) is 30.7 Å². The Morgan fingerprint density at radius 2 is 2.07 bits per heavy atom. The Balaban J connectivity index is 1.51. The molecular weight excluding hydrogens is 351 g/mol. The Labute approximate surface area is 155 Å². The number of carbonyl (C=O) groups is 2. The fourth-order valence-electron chi connectivity index (χ4n) is 2.46. The van der Waals surface area contributed by atoms with Gasteiger partial charge < -0.3 is 10.6 Å². The summed E-state index contributed by atoms with van der Waals surface area (Å²) in [4.78, 5) is 24.0. The third-order valence-corrected chi connectivity index (χ3v) is 3.91. The summed E-state index contributed by atoms with van der Waals surface area (Å²) < 4.78 is 16.4. The van der Waals surface area contributed by atoms with Gasteiger partial charge in [0.25, 0.3) is 5.91 Å². The van der Waals surface area contributed by atoms with Crippen LogP contribution < -0.4 is 10.6 Å². The first-order chi connectivity index (χ1) is 12.9. The van der Waals surface area contributed by atoms with Crippen LogP contribution in [0.4, 0.5) is 10.1 Å². The van der Waals surface area contributed by atoms with Crippen LogP contribution >= 0.6 is 0 Å². The second-order valence-corrected chi connectivity index (χ2v) is 6.08. The molecule has 2 N–H and O–H groups in total. The van der Waals surface area contributed by atoms with Crippen LogP contribution in [-0.2, 0) is 18.4 Å². The van der Waals surface area contributed by atoms with Gasteiger partial charge in [0, 0.05) is 18.9 Å². The van der Waals surface area contributed by atoms with Crippen LogP contribution in [0.3, 0.4) is 0 Å². The maximum atomic E-state index is 13.2. The molecule has 140 valence electrons. The number of hydrogen-bond acceptors (Lipinski definition) is 4. The van der Waals surface area contributed by atoms with Crippen LogP contribution in [0.1, 0.15) is 21.7 Å². The van der Waals surface area contributed by atoms with Gasteiger partial charge in [-0.2, -0.15) is 10.2 Å². The van der Waals surface area contributed by atoms with E-state index in [1.165, 1.54) is 18.3 Å². The molecule has 0 atom stereocenters. The van der Waals surface area contributed by atoms with Crippen LogP contribution in [0, 0.1) is 12.7 Å². The molecule has 0 bridgehead atoms. The van der Waals surface area contributed by atoms with Crippen molar-refractivity contribution in [2.24, 2.45) is 7.05 Å². The average Bonchev–Trinajstić information content (AvgIpc) is 3.19. The van der Waals surface area contributed by atoms with E-state index in [-0.39, 0.29) is 24.0 Å². The number of halogens is 1. The lowest BCUT2D eigenvalue weighted by Gasteiger charge is -2.04. The average molecular weight is 370 g/mol. The van der Waals surface area contributed by atoms with Crippen molar-refractivity contribution in [3.63, 3.8) is 0 Å². The minimum atomic E-state index is -0.421. The van der Waals surface area contributed by atoms with Crippen molar-refractivity contribution in [3.8, 4) is 0 Å². The van der Waals surface area contributed by atoms with E-state index < -0.39 is 5.91 Å². The van der Waals surface area contributed by atoms with E-state index >= 15 is 0 Å². The fourth-order valence-corrected chi connectivity index (χ4v) is 2.46. The molecule has 0 saturated carbocycles. The Bertz CT molecular complexity index is 958. The maximum absolute atomic E-state index is 13.2. The summed E-state index contributed by atoms with van der Waals surface area (Å²) in [5, 5.41) is 13.3. The lowest BCUT2D eigenvalue weighted by atomic mass is 10.2. The summed E-state index contributed by atoms with van der Waals surface area (Å²) in [6, 6.07) is 7.86. The van der Waals surface area contributed by atoms with Gasteiger partial charge in [-0.25, -0.2) is 4.39 Å². The van der Waals surface area contributed by atoms with Crippen molar-refractivity contribution < 1.29 is 14.0 Å². The summed E-state index contributed by atoms with van der Waals surface area (Å²) in [5.41, 5.74) is 2.34. The lowest BCUT2D eigenvalue weighted by Crippen LogP contribution is -2.33. The molecule has 0 aliphatic rings. The van der Waals surface area contributed by atoms with E-state index in [1.54, 1.807) is 40.8 Å². The number of aryl methyl sites for hydroxylation is 2. The highest BCUT2D eigenvalue weighted by atomic mass is 19.1. The fraction of sp³-hybridized carbons (Fsp3) is 0.222. The van der Waals surface area contributed by atoms with E-state index in [0.29, 0.717) is 12.2 Å². The molecule has 8 nitrogen and oxygen atoms in total. The van der Waals surface area contributed by atoms with Crippen LogP contribution in [-0.4, -0.2) is 37.9 Å². The van der Waals surface area contributed by atoms with E-state index in [4.69, 9.17) is 0 Å². The van der Waals surface area contributed by atoms with Gasteiger partial charge in [0.05, 0.1) is 25.0 Å². The minimum absolute atomic E-state index is 0.191. The summed E-state index contributed by atoms with van der Waals surface area (Å²) in [7, 11) is 1.74. The lowest BCUT2D eigenvalue weighted by molar-refractivity contribution is -0.115. The Hall–Kier alpha value is -3.49. The molecular formula is C18H19FN6O2. The Morgan fingerprint density at radius 1 is 1.26 bits per heavy atom. The number of carbonyl (C=O) groups excluding carboxylic acids is 2. The zero-order chi connectivity index (χ0) is 19.4. The molecule has 3 rings (SSSR count). The number of nitrogens with zero attached hydrogens (tertiary/aromatic N) is 4. The molecule has 9 heteroatoms. The van der Waals surface area contributed by atoms with E-state index in [9.17, 15) is 14.0 Å². The second kappa shape index (κ2) is 7.81. The second-order valence-electron chi connectivity index (χ2n) is 6.08. The highest BCUT2D eigenvalue weighted by Gasteiger charge is 2.12. The van der Waals surface area contributed by atoms with Gasteiger partial charge >= 0.3 is 0 Å². The standard InChI is InChI=1S/C18H19FN6O2/c1-12-6-16(23-24(12)2)18(27)20-9-17(26)22-15-8-21-25(11-15)10-13-4-3-5-14(19)7-13/h3-8,11H,9-10H2,1-2H3,(H,20,27)(H,22,26). The molecule has 3 aromatic rings. The van der Waals surface area contributed by atoms with Crippen molar-refractivity contribution in [1.82, 2.24) is 24.9 Å². The van der Waals surface area contributed by atoms with Crippen LogP contribution in [0.2, 0.25) is 0 Å². The van der Waals surface area contributed by atoms with Crippen LogP contribution in [0.5, 0.6) is 0 Å². The van der Waals surface area contributed by atoms with Gasteiger partial charge in [-0.15, -0.1) is 0 Å². The highest BCUT2D eigenvalue weighted by molar-refractivity contribution is 5.98. The van der Waals surface area contributed by atoms with Gasteiger partial charge in [-0.3, -0.25) is 19.0 Å². The maximum Gasteiger partial charge on any atom is 0.272 e. The van der Waals surface area contributed by atoms with Gasteiger partial charge in [-0.1, -0.05) is 12.1 Å². The molecule has 0 radical (unpaired) electrons. The largest absolute Gasteiger partial charge is 0.342 e. The molecule has 0 unspecified atom stereocenters. The summed E-state index contributed by atoms with van der Waals surface area (Å²) in [6.45, 7) is 2.02. The molecule has 0 saturated heterocycles. The third-order valence-electron chi connectivity index (χ3n) is 3.91. The van der Waals surface area contributed by atoms with E-state index in [1.807, 2.05) is 6.92 Å². The normalized spacial score (nSPS) is 10.6. The number of hydrogen-bond donors (Lipinski definition) is 2. The third kappa shape index (κ3) is 4.78. The first-order valence-electron chi connectivity index (χ1n) is 8.26. The van der Waals surface area contributed by atoms with E-state index in [2.05, 4.69) is 20.8 Å². The molecule has 2 aromatic heterocycles. The molecule has 0 aliphatic carbocycles. The molecule has 27 heavy (non-hydrogen) atoms. The Morgan fingerprint density at radius 3 is 2.78 bits per heavy atom. The predicted octanol–water partition coefficient (Wildman–Crippen LogP) is 1.48. The predicted molar refractivity (Wildman–Crippen MR) is 96.6 cm³/mol. The quantitative estimate of drug-likeness (QED) is 0.687. The van der Waals surface area contributed by atoms with Crippen LogP contribution in [0.25, 0.3) is 0 Å². The molecule has 0 aliphatic heterocycles. The number of benzene rings is 1. The molecule has 0 spiro atoms. The first kappa shape index (κ1) is 18.3. The summed E-state index contributed by atoms with van der Waals surface area (Å²) in [5.74, 6) is -1.12. The van der Waals surface area contributed by atoms with Crippen molar-refractivity contribution >= 4 is 17.5 Å². The van der Waals surface area contributed by atoms with Crippen molar-refractivity contribution in [1.29, 1.82) is 0 Å². The number of aromatic nitrogens is 4. The minimum Gasteiger partial charge on any atom is -0.342 e. The Kier molecular flexibility index (Phi) is 5.30. The summed E-state index contributed by atoms with van der Waals surface area (Å²) >= 11 is 0. The summed E-state index contributed by atoms with van der Waals surface area (Å²) in [6.07, 6.45) is 3.12. The monoisotopic (exact) mass is 370 g/mol. The smallest absolute Gasteiger partial charge is 0.272 e. The van der Waals surface area contributed by atoms with Crippen molar-refractivity contribution in [2.45, 2.75) is 13.5 Å². The highest BCUT2D eigenvalue weighted by Crippen LogP contribution is 2.09. The van der Waals surface area contributed by atoms with Crippen molar-refractivity contribution in [3.05, 3.63) is 65.5 Å². The van der Waals surface area contributed by atoms with Gasteiger partial charge in [0.1, 0.15) is 11.5 Å². The molecule has 2 amide bonds. The SMILES string of the molecule is Cc1cc(C(=O)NCC(=O)Nc2cnn(Cc3cccc(F)c3)c2)nn1C. The van der Waals surface area contributed by atoms with E-state index in [0.717, 1.165) is 11.3 Å². The number of rotatable bonds is 6. The topological polar surface area (TPSA) is 93.8 Å². The molecule has 2 heterocycles.